The van der Waals surface area contributed by atoms with Gasteiger partial charge in [-0.3, -0.25) is 9.89 Å². The van der Waals surface area contributed by atoms with E-state index in [1.54, 1.807) is 11.9 Å². The van der Waals surface area contributed by atoms with E-state index in [0.29, 0.717) is 24.0 Å². The smallest absolute Gasteiger partial charge is 0.317 e. The molecule has 8 nitrogen and oxygen atoms in total. The fraction of sp³-hybridized carbons (Fsp3) is 0.304. The Kier molecular flexibility index (Phi) is 6.26. The standard InChI is InChI=1S/C23H26N6O2/c1-29(15-16-5-3-2-4-6-16)23(31)24-14-13-20(30)25-19-11-9-18(10-12-19)22-26-21(27-28-22)17-7-8-17/h2-6,9-12,17H,7-8,13-15H2,1H3,(H,24,31)(H,25,30)(H,26,27,28). The lowest BCUT2D eigenvalue weighted by molar-refractivity contribution is -0.116. The molecule has 1 heterocycles. The number of anilines is 1. The largest absolute Gasteiger partial charge is 0.337 e. The zero-order valence-corrected chi connectivity index (χ0v) is 17.5. The number of nitrogens with zero attached hydrogens (tertiary/aromatic N) is 3. The van der Waals surface area contributed by atoms with Crippen molar-refractivity contribution >= 4 is 17.6 Å². The van der Waals surface area contributed by atoms with Gasteiger partial charge in [0.25, 0.3) is 0 Å². The first-order valence-corrected chi connectivity index (χ1v) is 10.4. The topological polar surface area (TPSA) is 103 Å². The van der Waals surface area contributed by atoms with Crippen LogP contribution >= 0.6 is 0 Å². The minimum absolute atomic E-state index is 0.160. The zero-order chi connectivity index (χ0) is 21.6. The van der Waals surface area contributed by atoms with Gasteiger partial charge in [-0.1, -0.05) is 30.3 Å². The van der Waals surface area contributed by atoms with E-state index < -0.39 is 0 Å². The molecule has 1 aromatic heterocycles. The van der Waals surface area contributed by atoms with Crippen LogP contribution in [-0.2, 0) is 11.3 Å². The summed E-state index contributed by atoms with van der Waals surface area (Å²) >= 11 is 0. The van der Waals surface area contributed by atoms with Crippen LogP contribution in [0.3, 0.4) is 0 Å². The molecule has 0 saturated heterocycles. The van der Waals surface area contributed by atoms with Crippen molar-refractivity contribution < 1.29 is 9.59 Å². The van der Waals surface area contributed by atoms with Gasteiger partial charge in [0.05, 0.1) is 0 Å². The highest BCUT2D eigenvalue weighted by molar-refractivity contribution is 5.91. The van der Waals surface area contributed by atoms with Crippen LogP contribution in [0, 0.1) is 0 Å². The number of amides is 3. The summed E-state index contributed by atoms with van der Waals surface area (Å²) in [7, 11) is 1.73. The number of carbonyl (C=O) groups is 2. The molecule has 3 N–H and O–H groups in total. The quantitative estimate of drug-likeness (QED) is 0.521. The molecule has 8 heteroatoms. The van der Waals surface area contributed by atoms with Gasteiger partial charge in [0.2, 0.25) is 5.91 Å². The summed E-state index contributed by atoms with van der Waals surface area (Å²) < 4.78 is 0. The van der Waals surface area contributed by atoms with Crippen molar-refractivity contribution in [2.24, 2.45) is 0 Å². The molecule has 3 aromatic rings. The van der Waals surface area contributed by atoms with Crippen LogP contribution in [-0.4, -0.2) is 45.6 Å². The van der Waals surface area contributed by atoms with Crippen molar-refractivity contribution in [1.29, 1.82) is 0 Å². The van der Waals surface area contributed by atoms with Crippen molar-refractivity contribution in [1.82, 2.24) is 25.4 Å². The molecule has 0 unspecified atom stereocenters. The van der Waals surface area contributed by atoms with E-state index in [1.165, 1.54) is 12.8 Å². The molecular weight excluding hydrogens is 392 g/mol. The average Bonchev–Trinajstić information content (AvgIpc) is 3.51. The highest BCUT2D eigenvalue weighted by atomic mass is 16.2. The van der Waals surface area contributed by atoms with E-state index in [1.807, 2.05) is 54.6 Å². The monoisotopic (exact) mass is 418 g/mol. The maximum atomic E-state index is 12.2. The SMILES string of the molecule is CN(Cc1ccccc1)C(=O)NCCC(=O)Nc1ccc(-c2n[nH]c(C3CC3)n2)cc1. The van der Waals surface area contributed by atoms with Gasteiger partial charge >= 0.3 is 6.03 Å². The van der Waals surface area contributed by atoms with Gasteiger partial charge in [-0.05, 0) is 42.7 Å². The van der Waals surface area contributed by atoms with E-state index in [9.17, 15) is 9.59 Å². The molecule has 0 spiro atoms. The number of hydrogen-bond donors (Lipinski definition) is 3. The molecule has 0 atom stereocenters. The summed E-state index contributed by atoms with van der Waals surface area (Å²) in [6, 6.07) is 17.0. The molecule has 0 aliphatic heterocycles. The highest BCUT2D eigenvalue weighted by Crippen LogP contribution is 2.38. The van der Waals surface area contributed by atoms with E-state index in [0.717, 1.165) is 17.0 Å². The Morgan fingerprint density at radius 2 is 1.84 bits per heavy atom. The maximum Gasteiger partial charge on any atom is 0.317 e. The maximum absolute atomic E-state index is 12.2. The lowest BCUT2D eigenvalue weighted by Gasteiger charge is -2.18. The predicted molar refractivity (Wildman–Crippen MR) is 118 cm³/mol. The Morgan fingerprint density at radius 1 is 1.10 bits per heavy atom. The number of H-pyrrole nitrogens is 1. The Morgan fingerprint density at radius 3 is 2.55 bits per heavy atom. The Bertz CT molecular complexity index is 1030. The molecule has 1 saturated carbocycles. The average molecular weight is 419 g/mol. The molecule has 160 valence electrons. The van der Waals surface area contributed by atoms with Gasteiger partial charge in [-0.15, -0.1) is 0 Å². The number of benzene rings is 2. The summed E-state index contributed by atoms with van der Waals surface area (Å²) in [5, 5.41) is 12.9. The molecule has 3 amide bonds. The molecule has 31 heavy (non-hydrogen) atoms. The molecule has 4 rings (SSSR count). The van der Waals surface area contributed by atoms with E-state index in [-0.39, 0.29) is 24.9 Å². The van der Waals surface area contributed by atoms with Crippen molar-refractivity contribution in [3.05, 3.63) is 66.0 Å². The second-order valence-corrected chi connectivity index (χ2v) is 7.77. The summed E-state index contributed by atoms with van der Waals surface area (Å²) in [6.07, 6.45) is 2.53. The number of nitrogens with one attached hydrogen (secondary N) is 3. The normalized spacial score (nSPS) is 12.9. The van der Waals surface area contributed by atoms with E-state index in [4.69, 9.17) is 0 Å². The zero-order valence-electron chi connectivity index (χ0n) is 17.5. The van der Waals surface area contributed by atoms with Crippen LogP contribution in [0.1, 0.15) is 36.6 Å². The van der Waals surface area contributed by atoms with Crippen LogP contribution in [0.5, 0.6) is 0 Å². The fourth-order valence-electron chi connectivity index (χ4n) is 3.22. The summed E-state index contributed by atoms with van der Waals surface area (Å²) in [6.45, 7) is 0.779. The first-order valence-electron chi connectivity index (χ1n) is 10.4. The minimum Gasteiger partial charge on any atom is -0.337 e. The Balaban J connectivity index is 1.20. The number of aromatic amines is 1. The Hall–Kier alpha value is -3.68. The second kappa shape index (κ2) is 9.42. The van der Waals surface area contributed by atoms with Gasteiger partial charge in [0, 0.05) is 43.7 Å². The Labute approximate surface area is 181 Å². The van der Waals surface area contributed by atoms with Crippen LogP contribution in [0.2, 0.25) is 0 Å². The lowest BCUT2D eigenvalue weighted by Crippen LogP contribution is -2.38. The summed E-state index contributed by atoms with van der Waals surface area (Å²) in [5.74, 6) is 1.98. The van der Waals surface area contributed by atoms with Crippen molar-refractivity contribution in [2.75, 3.05) is 18.9 Å². The van der Waals surface area contributed by atoms with Gasteiger partial charge in [0.15, 0.2) is 5.82 Å². The van der Waals surface area contributed by atoms with Crippen LogP contribution in [0.15, 0.2) is 54.6 Å². The third kappa shape index (κ3) is 5.69. The van der Waals surface area contributed by atoms with E-state index in [2.05, 4.69) is 25.8 Å². The van der Waals surface area contributed by atoms with Gasteiger partial charge < -0.3 is 15.5 Å². The fourth-order valence-corrected chi connectivity index (χ4v) is 3.22. The molecule has 0 radical (unpaired) electrons. The molecule has 1 aliphatic carbocycles. The molecule has 0 bridgehead atoms. The summed E-state index contributed by atoms with van der Waals surface area (Å²) in [4.78, 5) is 30.5. The van der Waals surface area contributed by atoms with E-state index >= 15 is 0 Å². The van der Waals surface area contributed by atoms with Gasteiger partial charge in [0.1, 0.15) is 5.82 Å². The number of urea groups is 1. The molecule has 1 fully saturated rings. The third-order valence-electron chi connectivity index (χ3n) is 5.13. The van der Waals surface area contributed by atoms with Crippen LogP contribution in [0.4, 0.5) is 10.5 Å². The predicted octanol–water partition coefficient (Wildman–Crippen LogP) is 3.52. The first kappa shape index (κ1) is 20.6. The lowest BCUT2D eigenvalue weighted by atomic mass is 10.2. The number of hydrogen-bond acceptors (Lipinski definition) is 4. The third-order valence-corrected chi connectivity index (χ3v) is 5.13. The minimum atomic E-state index is -0.210. The number of carbonyl (C=O) groups excluding carboxylic acids is 2. The second-order valence-electron chi connectivity index (χ2n) is 7.77. The van der Waals surface area contributed by atoms with Gasteiger partial charge in [-0.25, -0.2) is 9.78 Å². The van der Waals surface area contributed by atoms with Crippen LogP contribution in [0.25, 0.3) is 11.4 Å². The molecule has 1 aliphatic rings. The summed E-state index contributed by atoms with van der Waals surface area (Å²) in [5.41, 5.74) is 2.64. The van der Waals surface area contributed by atoms with Crippen molar-refractivity contribution in [3.8, 4) is 11.4 Å². The van der Waals surface area contributed by atoms with Crippen molar-refractivity contribution in [2.45, 2.75) is 31.7 Å². The number of rotatable bonds is 8. The first-order chi connectivity index (χ1) is 15.1. The molecular formula is C23H26N6O2. The highest BCUT2D eigenvalue weighted by Gasteiger charge is 2.27. The number of aromatic nitrogens is 3. The van der Waals surface area contributed by atoms with Gasteiger partial charge in [-0.2, -0.15) is 5.10 Å². The van der Waals surface area contributed by atoms with Crippen LogP contribution < -0.4 is 10.6 Å². The van der Waals surface area contributed by atoms with Crippen molar-refractivity contribution in [3.63, 3.8) is 0 Å². The molecule has 2 aromatic carbocycles.